The summed E-state index contributed by atoms with van der Waals surface area (Å²) in [6.07, 6.45) is 3.78. The van der Waals surface area contributed by atoms with E-state index in [1.165, 1.54) is 5.56 Å². The summed E-state index contributed by atoms with van der Waals surface area (Å²) < 4.78 is 1.89. The zero-order valence-corrected chi connectivity index (χ0v) is 9.13. The van der Waals surface area contributed by atoms with Crippen LogP contribution in [-0.2, 0) is 6.54 Å². The summed E-state index contributed by atoms with van der Waals surface area (Å²) in [5, 5.41) is 4.28. The summed E-state index contributed by atoms with van der Waals surface area (Å²) in [4.78, 5) is 0. The van der Waals surface area contributed by atoms with E-state index in [9.17, 15) is 0 Å². The van der Waals surface area contributed by atoms with E-state index in [0.717, 1.165) is 17.7 Å². The Hall–Kier alpha value is -1.87. The summed E-state index contributed by atoms with van der Waals surface area (Å²) in [5.41, 5.74) is 8.69. The molecule has 0 amide bonds. The summed E-state index contributed by atoms with van der Waals surface area (Å²) in [7, 11) is 0. The van der Waals surface area contributed by atoms with Crippen LogP contribution >= 0.6 is 0 Å². The molecule has 0 atom stereocenters. The minimum Gasteiger partial charge on any atom is -0.326 e. The van der Waals surface area contributed by atoms with E-state index in [1.807, 2.05) is 29.1 Å². The van der Waals surface area contributed by atoms with Crippen molar-refractivity contribution in [2.75, 3.05) is 6.54 Å². The van der Waals surface area contributed by atoms with E-state index in [4.69, 9.17) is 5.73 Å². The molecule has 2 N–H and O–H groups in total. The first-order valence-corrected chi connectivity index (χ1v) is 5.24. The predicted octanol–water partition coefficient (Wildman–Crippen LogP) is 1.90. The zero-order chi connectivity index (χ0) is 11.4. The summed E-state index contributed by atoms with van der Waals surface area (Å²) in [5.74, 6) is 0. The maximum Gasteiger partial charge on any atom is 0.0659 e. The highest BCUT2D eigenvalue weighted by Crippen LogP contribution is 2.10. The van der Waals surface area contributed by atoms with Crippen molar-refractivity contribution >= 4 is 5.57 Å². The molecule has 3 heteroatoms. The molecule has 0 bridgehead atoms. The molecule has 0 saturated heterocycles. The van der Waals surface area contributed by atoms with Crippen LogP contribution in [0.15, 0.2) is 49.3 Å². The van der Waals surface area contributed by atoms with Crippen LogP contribution < -0.4 is 5.73 Å². The standard InChI is InChI=1S/C13H15N3/c1-11(7-14)13-8-15-16(10-13)9-12-5-3-2-4-6-12/h2-6,8,10H,1,7,9,14H2. The van der Waals surface area contributed by atoms with E-state index >= 15 is 0 Å². The van der Waals surface area contributed by atoms with Gasteiger partial charge < -0.3 is 5.73 Å². The fraction of sp³-hybridized carbons (Fsp3) is 0.154. The molecule has 0 spiro atoms. The van der Waals surface area contributed by atoms with Crippen LogP contribution in [0, 0.1) is 0 Å². The third kappa shape index (κ3) is 2.38. The average Bonchev–Trinajstić information content (AvgIpc) is 2.78. The second-order valence-corrected chi connectivity index (χ2v) is 3.72. The number of nitrogens with two attached hydrogens (primary N) is 1. The normalized spacial score (nSPS) is 10.3. The van der Waals surface area contributed by atoms with Crippen LogP contribution in [0.3, 0.4) is 0 Å². The molecule has 1 aromatic heterocycles. The number of hydrogen-bond donors (Lipinski definition) is 1. The van der Waals surface area contributed by atoms with Gasteiger partial charge in [0.25, 0.3) is 0 Å². The van der Waals surface area contributed by atoms with Gasteiger partial charge in [-0.2, -0.15) is 5.10 Å². The van der Waals surface area contributed by atoms with Crippen molar-refractivity contribution in [3.8, 4) is 0 Å². The Morgan fingerprint density at radius 2 is 2.06 bits per heavy atom. The van der Waals surface area contributed by atoms with Crippen LogP contribution in [-0.4, -0.2) is 16.3 Å². The van der Waals surface area contributed by atoms with E-state index < -0.39 is 0 Å². The van der Waals surface area contributed by atoms with Gasteiger partial charge in [0.1, 0.15) is 0 Å². The minimum atomic E-state index is 0.469. The molecule has 2 rings (SSSR count). The van der Waals surface area contributed by atoms with Crippen molar-refractivity contribution < 1.29 is 0 Å². The van der Waals surface area contributed by atoms with Gasteiger partial charge in [0.05, 0.1) is 12.7 Å². The average molecular weight is 213 g/mol. The molecule has 0 saturated carbocycles. The zero-order valence-electron chi connectivity index (χ0n) is 9.13. The lowest BCUT2D eigenvalue weighted by molar-refractivity contribution is 0.687. The molecule has 0 unspecified atom stereocenters. The van der Waals surface area contributed by atoms with E-state index in [1.54, 1.807) is 6.20 Å². The molecule has 0 fully saturated rings. The molecule has 0 aliphatic carbocycles. The number of hydrogen-bond acceptors (Lipinski definition) is 2. The fourth-order valence-electron chi connectivity index (χ4n) is 1.52. The first kappa shape index (κ1) is 10.6. The Morgan fingerprint density at radius 1 is 1.31 bits per heavy atom. The van der Waals surface area contributed by atoms with Gasteiger partial charge in [-0.25, -0.2) is 0 Å². The van der Waals surface area contributed by atoms with Crippen molar-refractivity contribution in [3.63, 3.8) is 0 Å². The van der Waals surface area contributed by atoms with Crippen molar-refractivity contribution in [1.82, 2.24) is 9.78 Å². The van der Waals surface area contributed by atoms with Gasteiger partial charge >= 0.3 is 0 Å². The van der Waals surface area contributed by atoms with Gasteiger partial charge in [0.2, 0.25) is 0 Å². The molecule has 82 valence electrons. The third-order valence-corrected chi connectivity index (χ3v) is 2.48. The van der Waals surface area contributed by atoms with Crippen molar-refractivity contribution in [2.24, 2.45) is 5.73 Å². The quantitative estimate of drug-likeness (QED) is 0.843. The predicted molar refractivity (Wildman–Crippen MR) is 65.9 cm³/mol. The van der Waals surface area contributed by atoms with Crippen LogP contribution in [0.4, 0.5) is 0 Å². The summed E-state index contributed by atoms with van der Waals surface area (Å²) in [6, 6.07) is 10.2. The Labute approximate surface area is 95.2 Å². The SMILES string of the molecule is C=C(CN)c1cnn(Cc2ccccc2)c1. The Kier molecular flexibility index (Phi) is 3.17. The first-order valence-electron chi connectivity index (χ1n) is 5.24. The molecule has 1 heterocycles. The molecular weight excluding hydrogens is 198 g/mol. The summed E-state index contributed by atoms with van der Waals surface area (Å²) >= 11 is 0. The molecule has 0 radical (unpaired) electrons. The van der Waals surface area contributed by atoms with Crippen LogP contribution in [0.2, 0.25) is 0 Å². The lowest BCUT2D eigenvalue weighted by Crippen LogP contribution is -2.01. The van der Waals surface area contributed by atoms with Crippen molar-refractivity contribution in [1.29, 1.82) is 0 Å². The van der Waals surface area contributed by atoms with Gasteiger partial charge in [0, 0.05) is 18.3 Å². The van der Waals surface area contributed by atoms with Crippen LogP contribution in [0.5, 0.6) is 0 Å². The van der Waals surface area contributed by atoms with Gasteiger partial charge in [-0.05, 0) is 11.1 Å². The second-order valence-electron chi connectivity index (χ2n) is 3.72. The van der Waals surface area contributed by atoms with Gasteiger partial charge in [-0.1, -0.05) is 36.9 Å². The number of benzene rings is 1. The molecule has 0 aliphatic rings. The van der Waals surface area contributed by atoms with Crippen molar-refractivity contribution in [3.05, 3.63) is 60.4 Å². The highest BCUT2D eigenvalue weighted by atomic mass is 15.3. The smallest absolute Gasteiger partial charge is 0.0659 e. The van der Waals surface area contributed by atoms with E-state index in [-0.39, 0.29) is 0 Å². The van der Waals surface area contributed by atoms with Crippen LogP contribution in [0.25, 0.3) is 5.57 Å². The molecule has 2 aromatic rings. The highest BCUT2D eigenvalue weighted by Gasteiger charge is 2.01. The fourth-order valence-corrected chi connectivity index (χ4v) is 1.52. The number of rotatable bonds is 4. The third-order valence-electron chi connectivity index (χ3n) is 2.48. The van der Waals surface area contributed by atoms with E-state index in [0.29, 0.717) is 6.54 Å². The number of aromatic nitrogens is 2. The maximum absolute atomic E-state index is 5.53. The molecule has 0 aliphatic heterocycles. The topological polar surface area (TPSA) is 43.8 Å². The Morgan fingerprint density at radius 3 is 2.75 bits per heavy atom. The first-order chi connectivity index (χ1) is 7.79. The molecular formula is C13H15N3. The minimum absolute atomic E-state index is 0.469. The lowest BCUT2D eigenvalue weighted by atomic mass is 10.2. The summed E-state index contributed by atoms with van der Waals surface area (Å²) in [6.45, 7) is 5.13. The molecule has 3 nitrogen and oxygen atoms in total. The van der Waals surface area contributed by atoms with Gasteiger partial charge in [0.15, 0.2) is 0 Å². The van der Waals surface area contributed by atoms with E-state index in [2.05, 4.69) is 23.8 Å². The number of nitrogens with zero attached hydrogens (tertiary/aromatic N) is 2. The molecule has 16 heavy (non-hydrogen) atoms. The largest absolute Gasteiger partial charge is 0.326 e. The van der Waals surface area contributed by atoms with Gasteiger partial charge in [-0.15, -0.1) is 0 Å². The van der Waals surface area contributed by atoms with Gasteiger partial charge in [-0.3, -0.25) is 4.68 Å². The Bertz CT molecular complexity index is 471. The maximum atomic E-state index is 5.53. The Balaban J connectivity index is 2.12. The molecule has 1 aromatic carbocycles. The highest BCUT2D eigenvalue weighted by molar-refractivity contribution is 5.63. The monoisotopic (exact) mass is 213 g/mol. The lowest BCUT2D eigenvalue weighted by Gasteiger charge is -2.01. The second kappa shape index (κ2) is 4.77. The van der Waals surface area contributed by atoms with Crippen molar-refractivity contribution in [2.45, 2.75) is 6.54 Å². The van der Waals surface area contributed by atoms with Crippen LogP contribution in [0.1, 0.15) is 11.1 Å².